The monoisotopic (exact) mass is 631 g/mol. The van der Waals surface area contributed by atoms with Gasteiger partial charge in [0.15, 0.2) is 0 Å². The van der Waals surface area contributed by atoms with Gasteiger partial charge in [-0.1, -0.05) is 40.9 Å². The Morgan fingerprint density at radius 1 is 1.05 bits per heavy atom. The summed E-state index contributed by atoms with van der Waals surface area (Å²) in [4.78, 5) is 15.5. The second-order valence-corrected chi connectivity index (χ2v) is 11.9. The van der Waals surface area contributed by atoms with Crippen LogP contribution >= 0.6 is 34.8 Å². The number of rotatable bonds is 9. The third kappa shape index (κ3) is 5.30. The fraction of sp³-hybridized carbons (Fsp3) is 0.300. The van der Waals surface area contributed by atoms with Gasteiger partial charge in [-0.2, -0.15) is 5.10 Å². The van der Waals surface area contributed by atoms with Gasteiger partial charge in [0.2, 0.25) is 5.88 Å². The number of nitrogens with zero attached hydrogens (tertiary/aromatic N) is 3. The molecule has 2 aromatic carbocycles. The molecule has 2 saturated carbocycles. The van der Waals surface area contributed by atoms with Crippen molar-refractivity contribution in [2.24, 2.45) is 0 Å². The van der Waals surface area contributed by atoms with Crippen molar-refractivity contribution in [1.29, 1.82) is 0 Å². The highest BCUT2D eigenvalue weighted by molar-refractivity contribution is 6.37. The molecule has 0 radical (unpaired) electrons. The molecule has 0 bridgehead atoms. The van der Waals surface area contributed by atoms with E-state index in [9.17, 15) is 19.4 Å². The Kier molecular flexibility index (Phi) is 7.55. The lowest BCUT2D eigenvalue weighted by Gasteiger charge is -2.44. The Labute approximate surface area is 255 Å². The van der Waals surface area contributed by atoms with Gasteiger partial charge in [-0.15, -0.1) is 0 Å². The Morgan fingerprint density at radius 2 is 1.76 bits per heavy atom. The first-order valence-corrected chi connectivity index (χ1v) is 14.4. The number of carbonyl (C=O) groups is 1. The van der Waals surface area contributed by atoms with Crippen LogP contribution in [0.15, 0.2) is 48.8 Å². The number of methoxy groups -OCH3 is 1. The average molecular weight is 633 g/mol. The van der Waals surface area contributed by atoms with Crippen LogP contribution in [0.2, 0.25) is 15.1 Å². The highest BCUT2D eigenvalue weighted by Gasteiger charge is 2.47. The molecule has 2 aliphatic carbocycles. The number of aliphatic hydroxyl groups is 1. The van der Waals surface area contributed by atoms with Crippen LogP contribution in [-0.2, 0) is 12.2 Å². The Bertz CT molecular complexity index is 1680. The smallest absolute Gasteiger partial charge is 0.337 e. The van der Waals surface area contributed by atoms with Gasteiger partial charge < -0.3 is 19.7 Å². The summed E-state index contributed by atoms with van der Waals surface area (Å²) in [6.45, 7) is 0.130. The summed E-state index contributed by atoms with van der Waals surface area (Å²) in [5, 5.41) is 25.8. The van der Waals surface area contributed by atoms with Crippen LogP contribution in [0.4, 0.5) is 4.39 Å². The minimum atomic E-state index is -1.21. The molecule has 6 rings (SSSR count). The van der Waals surface area contributed by atoms with E-state index in [0.29, 0.717) is 52.2 Å². The molecule has 0 spiro atoms. The van der Waals surface area contributed by atoms with Crippen molar-refractivity contribution in [3.8, 4) is 17.3 Å². The molecule has 2 N–H and O–H groups in total. The van der Waals surface area contributed by atoms with Crippen LogP contribution in [0.1, 0.15) is 70.3 Å². The highest BCUT2D eigenvalue weighted by atomic mass is 35.5. The topological polar surface area (TPSA) is 107 Å². The zero-order valence-electron chi connectivity index (χ0n) is 22.3. The van der Waals surface area contributed by atoms with Crippen molar-refractivity contribution in [2.75, 3.05) is 7.11 Å². The van der Waals surface area contributed by atoms with Gasteiger partial charge in [-0.05, 0) is 67.9 Å². The van der Waals surface area contributed by atoms with Crippen molar-refractivity contribution in [3.63, 3.8) is 0 Å². The first-order chi connectivity index (χ1) is 20.1. The minimum Gasteiger partial charge on any atom is -0.487 e. The van der Waals surface area contributed by atoms with Crippen LogP contribution in [0.3, 0.4) is 0 Å². The van der Waals surface area contributed by atoms with Gasteiger partial charge in [0.1, 0.15) is 23.9 Å². The van der Waals surface area contributed by atoms with E-state index in [1.807, 2.05) is 0 Å². The van der Waals surface area contributed by atoms with Crippen molar-refractivity contribution in [1.82, 2.24) is 14.8 Å². The molecule has 42 heavy (non-hydrogen) atoms. The average Bonchev–Trinajstić information content (AvgIpc) is 3.69. The van der Waals surface area contributed by atoms with E-state index in [0.717, 1.165) is 24.1 Å². The van der Waals surface area contributed by atoms with Gasteiger partial charge in [0, 0.05) is 22.9 Å². The van der Waals surface area contributed by atoms with Gasteiger partial charge in [0.05, 0.1) is 45.2 Å². The van der Waals surface area contributed by atoms with Gasteiger partial charge in [0.25, 0.3) is 0 Å². The fourth-order valence-corrected chi connectivity index (χ4v) is 6.52. The molecule has 0 atom stereocenters. The molecule has 8 nitrogen and oxygen atoms in total. The van der Waals surface area contributed by atoms with E-state index >= 15 is 0 Å². The van der Waals surface area contributed by atoms with E-state index < -0.39 is 17.4 Å². The number of pyridine rings is 1. The minimum absolute atomic E-state index is 0.0518. The Hall–Kier alpha value is -3.37. The number of hydrogen-bond acceptors (Lipinski definition) is 6. The molecule has 0 aliphatic heterocycles. The molecule has 0 unspecified atom stereocenters. The van der Waals surface area contributed by atoms with Crippen LogP contribution in [0.25, 0.3) is 5.69 Å². The highest BCUT2D eigenvalue weighted by Crippen LogP contribution is 2.54. The van der Waals surface area contributed by atoms with Gasteiger partial charge in [-0.3, -0.25) is 0 Å². The molecule has 218 valence electrons. The molecule has 0 saturated heterocycles. The number of carboxylic acids is 1. The van der Waals surface area contributed by atoms with Crippen molar-refractivity contribution < 1.29 is 28.9 Å². The van der Waals surface area contributed by atoms with E-state index in [1.165, 1.54) is 31.5 Å². The van der Waals surface area contributed by atoms with E-state index in [1.54, 1.807) is 29.1 Å². The number of aromatic nitrogens is 3. The van der Waals surface area contributed by atoms with Crippen molar-refractivity contribution in [3.05, 3.63) is 97.6 Å². The predicted octanol–water partition coefficient (Wildman–Crippen LogP) is 7.30. The molecular weight excluding hydrogens is 608 g/mol. The van der Waals surface area contributed by atoms with Crippen LogP contribution in [-0.4, -0.2) is 38.1 Å². The lowest BCUT2D eigenvalue weighted by atomic mass is 9.65. The zero-order valence-corrected chi connectivity index (χ0v) is 24.5. The van der Waals surface area contributed by atoms with Crippen LogP contribution < -0.4 is 9.47 Å². The molecule has 2 aliphatic rings. The van der Waals surface area contributed by atoms with E-state index in [4.69, 9.17) is 44.3 Å². The lowest BCUT2D eigenvalue weighted by molar-refractivity contribution is -0.0554. The normalized spacial score (nSPS) is 19.8. The maximum absolute atomic E-state index is 13.8. The van der Waals surface area contributed by atoms with Crippen LogP contribution in [0.5, 0.6) is 11.6 Å². The maximum Gasteiger partial charge on any atom is 0.337 e. The molecule has 12 heteroatoms. The predicted molar refractivity (Wildman–Crippen MR) is 155 cm³/mol. The largest absolute Gasteiger partial charge is 0.487 e. The third-order valence-electron chi connectivity index (χ3n) is 7.86. The number of carboxylic acid groups (broad SMARTS) is 1. The van der Waals surface area contributed by atoms with E-state index in [2.05, 4.69) is 10.1 Å². The number of halogens is 4. The van der Waals surface area contributed by atoms with Gasteiger partial charge >= 0.3 is 5.97 Å². The molecule has 0 amide bonds. The zero-order chi connectivity index (χ0) is 29.8. The number of hydrogen-bond donors (Lipinski definition) is 2. The van der Waals surface area contributed by atoms with Crippen LogP contribution in [0, 0.1) is 5.82 Å². The summed E-state index contributed by atoms with van der Waals surface area (Å²) >= 11 is 19.3. The van der Waals surface area contributed by atoms with Crippen molar-refractivity contribution >= 4 is 40.8 Å². The lowest BCUT2D eigenvalue weighted by Crippen LogP contribution is -2.40. The third-order valence-corrected chi connectivity index (χ3v) is 8.75. The fourth-order valence-electron chi connectivity index (χ4n) is 5.56. The second kappa shape index (κ2) is 11.0. The summed E-state index contributed by atoms with van der Waals surface area (Å²) in [6.07, 6.45) is 5.71. The molecule has 2 aromatic heterocycles. The Balaban J connectivity index is 1.21. The maximum atomic E-state index is 13.8. The van der Waals surface area contributed by atoms with Gasteiger partial charge in [-0.25, -0.2) is 18.9 Å². The summed E-state index contributed by atoms with van der Waals surface area (Å²) < 4.78 is 26.9. The SMILES string of the molecule is COc1ncc(C(=O)O)cc1[C@H]1C[C@](O)(c2ccc(OCc3c(C4CC4)cnn3-c3c(Cl)cc(F)cc3Cl)cc2Cl)C1. The molecule has 2 fully saturated rings. The number of aromatic carboxylic acids is 1. The summed E-state index contributed by atoms with van der Waals surface area (Å²) in [6, 6.07) is 9.01. The molecular formula is C30H25Cl3FN3O5. The standard InChI is InChI=1S/C30H25Cl3FN3O5/c1-41-28-20(6-16(12-35-28)29(38)39)17-10-30(40,11-17)22-5-4-19(9-23(22)31)42-14-26-21(15-2-3-15)13-36-37(26)27-24(32)7-18(34)8-25(27)33/h4-9,12-13,15,17,40H,2-3,10-11,14H2,1H3,(H,38,39)/t17-,30+. The summed E-state index contributed by atoms with van der Waals surface area (Å²) in [5.41, 5.74) is 2.15. The number of benzene rings is 2. The summed E-state index contributed by atoms with van der Waals surface area (Å²) in [7, 11) is 1.47. The molecule has 2 heterocycles. The second-order valence-electron chi connectivity index (χ2n) is 10.6. The number of ether oxygens (including phenoxy) is 2. The van der Waals surface area contributed by atoms with E-state index in [-0.39, 0.29) is 28.1 Å². The van der Waals surface area contributed by atoms with Crippen molar-refractivity contribution in [2.45, 2.75) is 49.7 Å². The first kappa shape index (κ1) is 28.7. The summed E-state index contributed by atoms with van der Waals surface area (Å²) in [5.74, 6) is -0.623. The quantitative estimate of drug-likeness (QED) is 0.199. The molecule has 4 aromatic rings. The Morgan fingerprint density at radius 3 is 2.38 bits per heavy atom. The first-order valence-electron chi connectivity index (χ1n) is 13.2.